The van der Waals surface area contributed by atoms with Gasteiger partial charge in [-0.3, -0.25) is 4.79 Å². The number of carbonyl (C=O) groups excluding carboxylic acids is 2. The zero-order valence-corrected chi connectivity index (χ0v) is 16.2. The largest absolute Gasteiger partial charge is 0.464 e. The zero-order valence-electron chi connectivity index (χ0n) is 15.4. The highest BCUT2D eigenvalue weighted by Crippen LogP contribution is 2.33. The Kier molecular flexibility index (Phi) is 5.49. The van der Waals surface area contributed by atoms with E-state index >= 15 is 0 Å². The summed E-state index contributed by atoms with van der Waals surface area (Å²) in [5, 5.41) is 3.66. The molecule has 3 aromatic carbocycles. The SMILES string of the molecule is O=C(c1ccccc1)c1ccc(Oc2ccc(Cl)cc2NC2CCOC2=O)cc1. The molecule has 146 valence electrons. The van der Waals surface area contributed by atoms with Crippen LogP contribution in [0.3, 0.4) is 0 Å². The molecule has 0 amide bonds. The highest BCUT2D eigenvalue weighted by molar-refractivity contribution is 6.31. The molecule has 1 atom stereocenters. The van der Waals surface area contributed by atoms with Crippen LogP contribution < -0.4 is 10.1 Å². The third-order valence-electron chi connectivity index (χ3n) is 4.59. The Morgan fingerprint density at radius 3 is 2.41 bits per heavy atom. The first-order chi connectivity index (χ1) is 14.1. The maximum atomic E-state index is 12.5. The van der Waals surface area contributed by atoms with E-state index in [2.05, 4.69) is 5.32 Å². The van der Waals surface area contributed by atoms with E-state index in [1.807, 2.05) is 18.2 Å². The molecule has 0 saturated carbocycles. The fourth-order valence-corrected chi connectivity index (χ4v) is 3.25. The summed E-state index contributed by atoms with van der Waals surface area (Å²) in [5.41, 5.74) is 1.81. The van der Waals surface area contributed by atoms with Crippen molar-refractivity contribution >= 4 is 29.0 Å². The number of rotatable bonds is 6. The number of benzene rings is 3. The maximum absolute atomic E-state index is 12.5. The highest BCUT2D eigenvalue weighted by Gasteiger charge is 2.27. The summed E-state index contributed by atoms with van der Waals surface area (Å²) >= 11 is 6.11. The standard InChI is InChI=1S/C23H18ClNO4/c24-17-8-11-21(20(14-17)25-19-12-13-28-23(19)27)29-18-9-6-16(7-10-18)22(26)15-4-2-1-3-5-15/h1-11,14,19,25H,12-13H2. The van der Waals surface area contributed by atoms with Gasteiger partial charge in [-0.15, -0.1) is 0 Å². The van der Waals surface area contributed by atoms with E-state index in [1.165, 1.54) is 0 Å². The first-order valence-corrected chi connectivity index (χ1v) is 9.58. The summed E-state index contributed by atoms with van der Waals surface area (Å²) in [6, 6.07) is 20.7. The molecule has 1 saturated heterocycles. The van der Waals surface area contributed by atoms with E-state index in [9.17, 15) is 9.59 Å². The number of carbonyl (C=O) groups is 2. The Labute approximate surface area is 173 Å². The van der Waals surface area contributed by atoms with Crippen LogP contribution in [0.2, 0.25) is 5.02 Å². The van der Waals surface area contributed by atoms with E-state index in [1.54, 1.807) is 54.6 Å². The molecule has 1 aliphatic heterocycles. The van der Waals surface area contributed by atoms with Crippen molar-refractivity contribution in [1.82, 2.24) is 0 Å². The lowest BCUT2D eigenvalue weighted by atomic mass is 10.0. The Bertz CT molecular complexity index is 1030. The molecule has 1 fully saturated rings. The Hall–Kier alpha value is -3.31. The summed E-state index contributed by atoms with van der Waals surface area (Å²) in [6.07, 6.45) is 0.584. The molecule has 4 rings (SSSR count). The molecular weight excluding hydrogens is 390 g/mol. The van der Waals surface area contributed by atoms with Crippen molar-refractivity contribution in [2.45, 2.75) is 12.5 Å². The monoisotopic (exact) mass is 407 g/mol. The van der Waals surface area contributed by atoms with E-state index in [4.69, 9.17) is 21.1 Å². The minimum atomic E-state index is -0.429. The average Bonchev–Trinajstić information content (AvgIpc) is 3.15. The van der Waals surface area contributed by atoms with Crippen LogP contribution >= 0.6 is 11.6 Å². The molecule has 3 aromatic rings. The Morgan fingerprint density at radius 1 is 1.00 bits per heavy atom. The number of ether oxygens (including phenoxy) is 2. The van der Waals surface area contributed by atoms with Gasteiger partial charge in [-0.05, 0) is 42.5 Å². The lowest BCUT2D eigenvalue weighted by Gasteiger charge is -2.16. The molecule has 0 aliphatic carbocycles. The predicted octanol–water partition coefficient (Wildman–Crippen LogP) is 5.09. The molecule has 0 bridgehead atoms. The van der Waals surface area contributed by atoms with Crippen molar-refractivity contribution in [3.63, 3.8) is 0 Å². The van der Waals surface area contributed by atoms with Crippen molar-refractivity contribution in [2.24, 2.45) is 0 Å². The Balaban J connectivity index is 1.52. The second-order valence-corrected chi connectivity index (χ2v) is 7.05. The number of anilines is 1. The van der Waals surface area contributed by atoms with Crippen LogP contribution in [-0.4, -0.2) is 24.4 Å². The Morgan fingerprint density at radius 2 is 1.72 bits per heavy atom. The van der Waals surface area contributed by atoms with Crippen LogP contribution in [-0.2, 0) is 9.53 Å². The molecule has 1 unspecified atom stereocenters. The number of cyclic esters (lactones) is 1. The summed E-state index contributed by atoms with van der Waals surface area (Å²) in [5.74, 6) is 0.746. The average molecular weight is 408 g/mol. The fourth-order valence-electron chi connectivity index (χ4n) is 3.08. The topological polar surface area (TPSA) is 64.6 Å². The van der Waals surface area contributed by atoms with E-state index < -0.39 is 6.04 Å². The first kappa shape index (κ1) is 19.0. The van der Waals surface area contributed by atoms with Crippen molar-refractivity contribution in [3.8, 4) is 11.5 Å². The number of esters is 1. The quantitative estimate of drug-likeness (QED) is 0.455. The van der Waals surface area contributed by atoms with Gasteiger partial charge in [0.15, 0.2) is 11.5 Å². The first-order valence-electron chi connectivity index (χ1n) is 9.20. The van der Waals surface area contributed by atoms with Gasteiger partial charge in [0, 0.05) is 22.6 Å². The van der Waals surface area contributed by atoms with E-state index in [0.717, 1.165) is 0 Å². The molecule has 5 nitrogen and oxygen atoms in total. The molecule has 0 radical (unpaired) electrons. The van der Waals surface area contributed by atoms with Gasteiger partial charge in [0.1, 0.15) is 11.8 Å². The van der Waals surface area contributed by atoms with Gasteiger partial charge in [-0.25, -0.2) is 4.79 Å². The van der Waals surface area contributed by atoms with Gasteiger partial charge >= 0.3 is 5.97 Å². The van der Waals surface area contributed by atoms with Crippen LogP contribution in [0.25, 0.3) is 0 Å². The van der Waals surface area contributed by atoms with Crippen molar-refractivity contribution in [1.29, 1.82) is 0 Å². The van der Waals surface area contributed by atoms with Crippen LogP contribution in [0.1, 0.15) is 22.3 Å². The minimum absolute atomic E-state index is 0.0502. The van der Waals surface area contributed by atoms with E-state index in [0.29, 0.717) is 46.4 Å². The predicted molar refractivity (Wildman–Crippen MR) is 111 cm³/mol. The van der Waals surface area contributed by atoms with Crippen LogP contribution in [0, 0.1) is 0 Å². The summed E-state index contributed by atoms with van der Waals surface area (Å²) < 4.78 is 11.0. The smallest absolute Gasteiger partial charge is 0.328 e. The zero-order chi connectivity index (χ0) is 20.2. The molecule has 0 spiro atoms. The normalized spacial score (nSPS) is 15.6. The number of halogens is 1. The second-order valence-electron chi connectivity index (χ2n) is 6.62. The highest BCUT2D eigenvalue weighted by atomic mass is 35.5. The van der Waals surface area contributed by atoms with E-state index in [-0.39, 0.29) is 11.8 Å². The van der Waals surface area contributed by atoms with Gasteiger partial charge < -0.3 is 14.8 Å². The molecule has 0 aromatic heterocycles. The number of hydrogen-bond acceptors (Lipinski definition) is 5. The number of nitrogens with one attached hydrogen (secondary N) is 1. The maximum Gasteiger partial charge on any atom is 0.328 e. The molecule has 29 heavy (non-hydrogen) atoms. The fraction of sp³-hybridized carbons (Fsp3) is 0.130. The summed E-state index contributed by atoms with van der Waals surface area (Å²) in [4.78, 5) is 24.3. The summed E-state index contributed by atoms with van der Waals surface area (Å²) in [6.45, 7) is 0.393. The lowest BCUT2D eigenvalue weighted by molar-refractivity contribution is -0.138. The van der Waals surface area contributed by atoms with Gasteiger partial charge in [0.2, 0.25) is 0 Å². The van der Waals surface area contributed by atoms with Crippen molar-refractivity contribution in [3.05, 3.63) is 88.9 Å². The van der Waals surface area contributed by atoms with Gasteiger partial charge in [0.05, 0.1) is 12.3 Å². The van der Waals surface area contributed by atoms with Crippen LogP contribution in [0.5, 0.6) is 11.5 Å². The molecule has 1 heterocycles. The lowest BCUT2D eigenvalue weighted by Crippen LogP contribution is -2.24. The van der Waals surface area contributed by atoms with Crippen molar-refractivity contribution in [2.75, 3.05) is 11.9 Å². The third kappa shape index (κ3) is 4.41. The molecule has 6 heteroatoms. The van der Waals surface area contributed by atoms with Gasteiger partial charge in [-0.1, -0.05) is 41.9 Å². The van der Waals surface area contributed by atoms with Crippen LogP contribution in [0.4, 0.5) is 5.69 Å². The molecule has 1 aliphatic rings. The van der Waals surface area contributed by atoms with Crippen LogP contribution in [0.15, 0.2) is 72.8 Å². The molecular formula is C23H18ClNO4. The number of ketones is 1. The van der Waals surface area contributed by atoms with Gasteiger partial charge in [-0.2, -0.15) is 0 Å². The summed E-state index contributed by atoms with van der Waals surface area (Å²) in [7, 11) is 0. The molecule has 1 N–H and O–H groups in total. The minimum Gasteiger partial charge on any atom is -0.464 e. The second kappa shape index (κ2) is 8.37. The van der Waals surface area contributed by atoms with Gasteiger partial charge in [0.25, 0.3) is 0 Å². The number of hydrogen-bond donors (Lipinski definition) is 1. The third-order valence-corrected chi connectivity index (χ3v) is 4.82. The van der Waals surface area contributed by atoms with Crippen molar-refractivity contribution < 1.29 is 19.1 Å².